The Kier molecular flexibility index (Phi) is 3.75. The monoisotopic (exact) mass is 231 g/mol. The summed E-state index contributed by atoms with van der Waals surface area (Å²) in [5.74, 6) is 0.771. The van der Waals surface area contributed by atoms with Crippen LogP contribution in [0.3, 0.4) is 0 Å². The van der Waals surface area contributed by atoms with Gasteiger partial charge in [0.25, 0.3) is 0 Å². The SMILES string of the molecule is CCCCC1C=CN(c2ccccn2)NC1=O. The van der Waals surface area contributed by atoms with E-state index in [0.717, 1.165) is 25.1 Å². The Hall–Kier alpha value is -1.84. The lowest BCUT2D eigenvalue weighted by molar-refractivity contribution is -0.124. The number of amides is 1. The van der Waals surface area contributed by atoms with Crippen LogP contribution in [0.2, 0.25) is 0 Å². The molecule has 1 aliphatic rings. The van der Waals surface area contributed by atoms with Crippen LogP contribution in [-0.2, 0) is 4.79 Å². The standard InChI is InChI=1S/C13H17N3O/c1-2-3-6-11-8-10-16(15-13(11)17)12-7-4-5-9-14-12/h4-5,7-11H,2-3,6H2,1H3,(H,15,17). The minimum Gasteiger partial charge on any atom is -0.273 e. The summed E-state index contributed by atoms with van der Waals surface area (Å²) in [6.07, 6.45) is 8.63. The second-order valence-electron chi connectivity index (χ2n) is 4.12. The van der Waals surface area contributed by atoms with Crippen LogP contribution in [0.15, 0.2) is 36.7 Å². The van der Waals surface area contributed by atoms with Gasteiger partial charge in [-0.1, -0.05) is 31.9 Å². The van der Waals surface area contributed by atoms with E-state index >= 15 is 0 Å². The Bertz CT molecular complexity index is 402. The quantitative estimate of drug-likeness (QED) is 0.864. The molecule has 0 saturated carbocycles. The fraction of sp³-hybridized carbons (Fsp3) is 0.385. The molecule has 1 aliphatic heterocycles. The molecule has 2 rings (SSSR count). The van der Waals surface area contributed by atoms with Gasteiger partial charge >= 0.3 is 0 Å². The van der Waals surface area contributed by atoms with E-state index in [1.165, 1.54) is 0 Å². The highest BCUT2D eigenvalue weighted by Crippen LogP contribution is 2.17. The largest absolute Gasteiger partial charge is 0.273 e. The molecule has 2 heterocycles. The van der Waals surface area contributed by atoms with Crippen LogP contribution in [0.4, 0.5) is 5.82 Å². The first kappa shape index (κ1) is 11.6. The fourth-order valence-electron chi connectivity index (χ4n) is 1.80. The second-order valence-corrected chi connectivity index (χ2v) is 4.12. The highest BCUT2D eigenvalue weighted by atomic mass is 16.2. The molecule has 0 fully saturated rings. The molecule has 0 aromatic carbocycles. The zero-order chi connectivity index (χ0) is 12.1. The van der Waals surface area contributed by atoms with E-state index in [2.05, 4.69) is 17.3 Å². The van der Waals surface area contributed by atoms with Gasteiger partial charge in [0.15, 0.2) is 5.82 Å². The number of nitrogens with zero attached hydrogens (tertiary/aromatic N) is 2. The van der Waals surface area contributed by atoms with Gasteiger partial charge in [-0.05, 0) is 18.6 Å². The van der Waals surface area contributed by atoms with Crippen LogP contribution in [0.5, 0.6) is 0 Å². The van der Waals surface area contributed by atoms with E-state index < -0.39 is 0 Å². The summed E-state index contributed by atoms with van der Waals surface area (Å²) in [5, 5.41) is 1.66. The number of unbranched alkanes of at least 4 members (excludes halogenated alkanes) is 1. The van der Waals surface area contributed by atoms with E-state index in [4.69, 9.17) is 0 Å². The van der Waals surface area contributed by atoms with Crippen molar-refractivity contribution in [3.05, 3.63) is 36.7 Å². The van der Waals surface area contributed by atoms with Gasteiger partial charge in [-0.15, -0.1) is 0 Å². The zero-order valence-corrected chi connectivity index (χ0v) is 9.97. The number of nitrogens with one attached hydrogen (secondary N) is 1. The molecule has 1 aromatic heterocycles. The van der Waals surface area contributed by atoms with Crippen molar-refractivity contribution < 1.29 is 4.79 Å². The maximum atomic E-state index is 11.9. The van der Waals surface area contributed by atoms with Crippen molar-refractivity contribution in [2.45, 2.75) is 26.2 Å². The molecule has 1 N–H and O–H groups in total. The van der Waals surface area contributed by atoms with Crippen LogP contribution in [-0.4, -0.2) is 10.9 Å². The molecular weight excluding hydrogens is 214 g/mol. The fourth-order valence-corrected chi connectivity index (χ4v) is 1.80. The Labute approximate surface area is 101 Å². The van der Waals surface area contributed by atoms with Gasteiger partial charge in [0.05, 0.1) is 5.92 Å². The van der Waals surface area contributed by atoms with Crippen LogP contribution < -0.4 is 10.4 Å². The van der Waals surface area contributed by atoms with Gasteiger partial charge in [-0.3, -0.25) is 10.2 Å². The molecular formula is C13H17N3O. The van der Waals surface area contributed by atoms with Crippen molar-refractivity contribution >= 4 is 11.7 Å². The van der Waals surface area contributed by atoms with Crippen LogP contribution >= 0.6 is 0 Å². The Morgan fingerprint density at radius 2 is 2.35 bits per heavy atom. The predicted octanol–water partition coefficient (Wildman–Crippen LogP) is 2.25. The maximum Gasteiger partial charge on any atom is 0.245 e. The lowest BCUT2D eigenvalue weighted by Gasteiger charge is -2.27. The summed E-state index contributed by atoms with van der Waals surface area (Å²) in [6.45, 7) is 2.13. The molecule has 0 spiro atoms. The summed E-state index contributed by atoms with van der Waals surface area (Å²) in [7, 11) is 0. The van der Waals surface area contributed by atoms with Crippen molar-refractivity contribution in [3.63, 3.8) is 0 Å². The van der Waals surface area contributed by atoms with Gasteiger partial charge in [-0.2, -0.15) is 0 Å². The molecule has 17 heavy (non-hydrogen) atoms. The lowest BCUT2D eigenvalue weighted by Crippen LogP contribution is -2.45. The third-order valence-corrected chi connectivity index (χ3v) is 2.80. The molecule has 1 aromatic rings. The van der Waals surface area contributed by atoms with Crippen molar-refractivity contribution in [1.82, 2.24) is 10.4 Å². The highest BCUT2D eigenvalue weighted by molar-refractivity contribution is 5.83. The number of pyridine rings is 1. The Balaban J connectivity index is 2.04. The lowest BCUT2D eigenvalue weighted by atomic mass is 10.0. The van der Waals surface area contributed by atoms with Crippen LogP contribution in [0.25, 0.3) is 0 Å². The highest BCUT2D eigenvalue weighted by Gasteiger charge is 2.21. The van der Waals surface area contributed by atoms with E-state index in [0.29, 0.717) is 0 Å². The van der Waals surface area contributed by atoms with Gasteiger partial charge in [0.1, 0.15) is 0 Å². The first-order valence-electron chi connectivity index (χ1n) is 6.00. The van der Waals surface area contributed by atoms with Crippen molar-refractivity contribution in [2.24, 2.45) is 5.92 Å². The normalized spacial score (nSPS) is 19.2. The molecule has 1 atom stereocenters. The number of anilines is 1. The van der Waals surface area contributed by atoms with Crippen molar-refractivity contribution in [2.75, 3.05) is 5.01 Å². The second kappa shape index (κ2) is 5.48. The zero-order valence-electron chi connectivity index (χ0n) is 9.97. The molecule has 0 aliphatic carbocycles. The summed E-state index contributed by atoms with van der Waals surface area (Å²) in [4.78, 5) is 16.0. The minimum atomic E-state index is -0.00471. The number of hydrazine groups is 1. The van der Waals surface area contributed by atoms with E-state index in [1.807, 2.05) is 30.5 Å². The van der Waals surface area contributed by atoms with Gasteiger partial charge in [0.2, 0.25) is 5.91 Å². The van der Waals surface area contributed by atoms with Gasteiger partial charge in [-0.25, -0.2) is 9.99 Å². The Morgan fingerprint density at radius 3 is 3.00 bits per heavy atom. The molecule has 0 bridgehead atoms. The summed E-state index contributed by atoms with van der Waals surface area (Å²) in [5.41, 5.74) is 2.84. The number of aromatic nitrogens is 1. The predicted molar refractivity (Wildman–Crippen MR) is 67.0 cm³/mol. The molecule has 90 valence electrons. The van der Waals surface area contributed by atoms with Gasteiger partial charge < -0.3 is 0 Å². The van der Waals surface area contributed by atoms with Crippen LogP contribution in [0.1, 0.15) is 26.2 Å². The number of hydrogen-bond acceptors (Lipinski definition) is 3. The first-order chi connectivity index (χ1) is 8.31. The van der Waals surface area contributed by atoms with Crippen molar-refractivity contribution in [1.29, 1.82) is 0 Å². The molecule has 1 amide bonds. The molecule has 0 radical (unpaired) electrons. The van der Waals surface area contributed by atoms with E-state index in [1.54, 1.807) is 11.2 Å². The molecule has 4 heteroatoms. The van der Waals surface area contributed by atoms with Gasteiger partial charge in [0, 0.05) is 12.4 Å². The number of rotatable bonds is 4. The summed E-state index contributed by atoms with van der Waals surface area (Å²) >= 11 is 0. The Morgan fingerprint density at radius 1 is 1.47 bits per heavy atom. The maximum absolute atomic E-state index is 11.9. The van der Waals surface area contributed by atoms with Crippen molar-refractivity contribution in [3.8, 4) is 0 Å². The average Bonchev–Trinajstić information content (AvgIpc) is 2.38. The third kappa shape index (κ3) is 2.84. The molecule has 4 nitrogen and oxygen atoms in total. The van der Waals surface area contributed by atoms with E-state index in [9.17, 15) is 4.79 Å². The topological polar surface area (TPSA) is 45.2 Å². The smallest absolute Gasteiger partial charge is 0.245 e. The average molecular weight is 231 g/mol. The molecule has 0 saturated heterocycles. The minimum absolute atomic E-state index is 0.00471. The number of hydrogen-bond donors (Lipinski definition) is 1. The number of carbonyl (C=O) groups excluding carboxylic acids is 1. The number of carbonyl (C=O) groups is 1. The first-order valence-corrected chi connectivity index (χ1v) is 6.00. The third-order valence-electron chi connectivity index (χ3n) is 2.80. The van der Waals surface area contributed by atoms with E-state index in [-0.39, 0.29) is 11.8 Å². The summed E-state index contributed by atoms with van der Waals surface area (Å²) in [6, 6.07) is 5.60. The summed E-state index contributed by atoms with van der Waals surface area (Å²) < 4.78 is 0. The molecule has 1 unspecified atom stereocenters. The van der Waals surface area contributed by atoms with Crippen LogP contribution in [0, 0.1) is 5.92 Å².